The summed E-state index contributed by atoms with van der Waals surface area (Å²) >= 11 is 5.36. The minimum absolute atomic E-state index is 0.324. The minimum atomic E-state index is -0.573. The van der Waals surface area contributed by atoms with Gasteiger partial charge in [0.05, 0.1) is 22.9 Å². The Kier molecular flexibility index (Phi) is 2.05. The Morgan fingerprint density at radius 2 is 2.29 bits per heavy atom. The molecule has 0 aliphatic carbocycles. The van der Waals surface area contributed by atoms with Gasteiger partial charge in [-0.15, -0.1) is 0 Å². The molecule has 0 unspecified atom stereocenters. The van der Waals surface area contributed by atoms with Gasteiger partial charge in [0.25, 0.3) is 5.24 Å². The number of H-pyrrole nitrogens is 1. The zero-order valence-corrected chi connectivity index (χ0v) is 7.71. The highest BCUT2D eigenvalue weighted by Gasteiger charge is 2.11. The van der Waals surface area contributed by atoms with Gasteiger partial charge in [-0.05, 0) is 23.7 Å². The average Bonchev–Trinajstić information content (AvgIpc) is 2.64. The molecule has 4 nitrogen and oxygen atoms in total. The first-order valence-electron chi connectivity index (χ1n) is 3.85. The summed E-state index contributed by atoms with van der Waals surface area (Å²) in [6.07, 6.45) is 2.10. The van der Waals surface area contributed by atoms with Crippen LogP contribution in [0.15, 0.2) is 18.5 Å². The summed E-state index contributed by atoms with van der Waals surface area (Å²) in [5.41, 5.74) is 1.72. The van der Waals surface area contributed by atoms with E-state index in [0.717, 1.165) is 0 Å². The van der Waals surface area contributed by atoms with Gasteiger partial charge in [0.1, 0.15) is 0 Å². The fourth-order valence-corrected chi connectivity index (χ4v) is 1.47. The van der Waals surface area contributed by atoms with Gasteiger partial charge in [0, 0.05) is 5.56 Å². The second kappa shape index (κ2) is 3.23. The van der Waals surface area contributed by atoms with E-state index in [4.69, 9.17) is 11.6 Å². The van der Waals surface area contributed by atoms with E-state index in [9.17, 15) is 9.59 Å². The van der Waals surface area contributed by atoms with Crippen molar-refractivity contribution < 1.29 is 9.59 Å². The van der Waals surface area contributed by atoms with Crippen molar-refractivity contribution in [3.05, 3.63) is 29.6 Å². The summed E-state index contributed by atoms with van der Waals surface area (Å²) in [4.78, 5) is 28.3. The van der Waals surface area contributed by atoms with Crippen LogP contribution in [0.1, 0.15) is 20.7 Å². The molecule has 0 amide bonds. The molecule has 14 heavy (non-hydrogen) atoms. The highest BCUT2D eigenvalue weighted by molar-refractivity contribution is 6.68. The Balaban J connectivity index is 2.84. The van der Waals surface area contributed by atoms with Gasteiger partial charge in [-0.25, -0.2) is 4.98 Å². The maximum Gasteiger partial charge on any atom is 0.254 e. The third-order valence-electron chi connectivity index (χ3n) is 1.95. The summed E-state index contributed by atoms with van der Waals surface area (Å²) in [6.45, 7) is 0. The number of carbonyl (C=O) groups is 2. The molecule has 0 atom stereocenters. The van der Waals surface area contributed by atoms with Crippen molar-refractivity contribution in [2.75, 3.05) is 0 Å². The third-order valence-corrected chi connectivity index (χ3v) is 2.15. The molecular weight excluding hydrogens is 204 g/mol. The van der Waals surface area contributed by atoms with E-state index in [0.29, 0.717) is 28.4 Å². The first-order valence-corrected chi connectivity index (χ1v) is 4.23. The second-order valence-corrected chi connectivity index (χ2v) is 3.06. The maximum absolute atomic E-state index is 11.0. The molecule has 70 valence electrons. The number of imidazole rings is 1. The van der Waals surface area contributed by atoms with E-state index in [1.807, 2.05) is 0 Å². The summed E-state index contributed by atoms with van der Waals surface area (Å²) in [5, 5.41) is -0.573. The molecule has 0 spiro atoms. The molecular formula is C9H5ClN2O2. The number of hydrogen-bond acceptors (Lipinski definition) is 3. The molecule has 5 heteroatoms. The number of carbonyl (C=O) groups excluding carboxylic acids is 2. The van der Waals surface area contributed by atoms with E-state index < -0.39 is 5.24 Å². The third kappa shape index (κ3) is 1.20. The van der Waals surface area contributed by atoms with Gasteiger partial charge in [0.2, 0.25) is 0 Å². The number of aldehydes is 1. The highest BCUT2D eigenvalue weighted by atomic mass is 35.5. The van der Waals surface area contributed by atoms with Crippen LogP contribution in [0.2, 0.25) is 0 Å². The van der Waals surface area contributed by atoms with Gasteiger partial charge in [-0.2, -0.15) is 0 Å². The summed E-state index contributed by atoms with van der Waals surface area (Å²) < 4.78 is 0. The number of fused-ring (bicyclic) bond motifs is 1. The Hall–Kier alpha value is -1.68. The fraction of sp³-hybridized carbons (Fsp3) is 0. The van der Waals surface area contributed by atoms with Gasteiger partial charge < -0.3 is 4.98 Å². The van der Waals surface area contributed by atoms with Crippen molar-refractivity contribution in [3.63, 3.8) is 0 Å². The molecule has 0 bridgehead atoms. The summed E-state index contributed by atoms with van der Waals surface area (Å²) in [7, 11) is 0. The van der Waals surface area contributed by atoms with E-state index in [1.54, 1.807) is 0 Å². The standard InChI is InChI=1S/C9H5ClN2O2/c10-9(14)6-2-1-5(3-13)7-8(6)12-4-11-7/h1-4H,(H,11,12). The molecule has 1 N–H and O–H groups in total. The van der Waals surface area contributed by atoms with Crippen LogP contribution in [0.3, 0.4) is 0 Å². The Morgan fingerprint density at radius 3 is 2.93 bits per heavy atom. The number of rotatable bonds is 2. The first-order chi connectivity index (χ1) is 6.74. The van der Waals surface area contributed by atoms with Crippen LogP contribution >= 0.6 is 11.6 Å². The summed E-state index contributed by atoms with van der Waals surface area (Å²) in [5.74, 6) is 0. The van der Waals surface area contributed by atoms with Crippen molar-refractivity contribution in [2.45, 2.75) is 0 Å². The SMILES string of the molecule is O=Cc1ccc(C(=O)Cl)c2[nH]cnc12. The molecule has 2 rings (SSSR count). The fourth-order valence-electron chi connectivity index (χ4n) is 1.31. The van der Waals surface area contributed by atoms with E-state index in [-0.39, 0.29) is 0 Å². The number of nitrogens with one attached hydrogen (secondary N) is 1. The molecule has 0 saturated carbocycles. The predicted octanol–water partition coefficient (Wildman–Crippen LogP) is 1.75. The Morgan fingerprint density at radius 1 is 1.50 bits per heavy atom. The lowest BCUT2D eigenvalue weighted by molar-refractivity contribution is 0.108. The Bertz CT molecular complexity index is 519. The normalized spacial score (nSPS) is 10.4. The van der Waals surface area contributed by atoms with Gasteiger partial charge in [0.15, 0.2) is 6.29 Å². The Labute approximate surface area is 83.9 Å². The molecule has 0 fully saturated rings. The van der Waals surface area contributed by atoms with Crippen LogP contribution in [-0.2, 0) is 0 Å². The van der Waals surface area contributed by atoms with Crippen molar-refractivity contribution in [1.82, 2.24) is 9.97 Å². The number of halogens is 1. The molecule has 0 aliphatic rings. The topological polar surface area (TPSA) is 62.8 Å². The smallest absolute Gasteiger partial charge is 0.254 e. The van der Waals surface area contributed by atoms with Crippen molar-refractivity contribution >= 4 is 34.2 Å². The molecule has 1 aromatic heterocycles. The summed E-state index contributed by atoms with van der Waals surface area (Å²) in [6, 6.07) is 3.02. The molecule has 1 heterocycles. The maximum atomic E-state index is 11.0. The predicted molar refractivity (Wildman–Crippen MR) is 51.7 cm³/mol. The van der Waals surface area contributed by atoms with Crippen LogP contribution in [0.5, 0.6) is 0 Å². The van der Waals surface area contributed by atoms with Gasteiger partial charge >= 0.3 is 0 Å². The van der Waals surface area contributed by atoms with E-state index >= 15 is 0 Å². The zero-order chi connectivity index (χ0) is 10.1. The van der Waals surface area contributed by atoms with Crippen LogP contribution in [-0.4, -0.2) is 21.5 Å². The number of hydrogen-bond donors (Lipinski definition) is 1. The number of nitrogens with zero attached hydrogens (tertiary/aromatic N) is 1. The molecule has 1 aromatic carbocycles. The van der Waals surface area contributed by atoms with Gasteiger partial charge in [-0.3, -0.25) is 9.59 Å². The molecule has 0 saturated heterocycles. The lowest BCUT2D eigenvalue weighted by Crippen LogP contribution is -1.93. The van der Waals surface area contributed by atoms with Crippen LogP contribution in [0.25, 0.3) is 11.0 Å². The zero-order valence-electron chi connectivity index (χ0n) is 6.95. The first kappa shape index (κ1) is 8.90. The number of benzene rings is 1. The second-order valence-electron chi connectivity index (χ2n) is 2.72. The van der Waals surface area contributed by atoms with Crippen molar-refractivity contribution in [3.8, 4) is 0 Å². The van der Waals surface area contributed by atoms with E-state index in [2.05, 4.69) is 9.97 Å². The quantitative estimate of drug-likeness (QED) is 0.604. The number of aromatic nitrogens is 2. The monoisotopic (exact) mass is 208 g/mol. The largest absolute Gasteiger partial charge is 0.344 e. The highest BCUT2D eigenvalue weighted by Crippen LogP contribution is 2.19. The van der Waals surface area contributed by atoms with Gasteiger partial charge in [-0.1, -0.05) is 0 Å². The van der Waals surface area contributed by atoms with Crippen LogP contribution < -0.4 is 0 Å². The van der Waals surface area contributed by atoms with Crippen molar-refractivity contribution in [1.29, 1.82) is 0 Å². The lowest BCUT2D eigenvalue weighted by atomic mass is 10.1. The molecule has 2 aromatic rings. The van der Waals surface area contributed by atoms with E-state index in [1.165, 1.54) is 18.5 Å². The number of aromatic amines is 1. The molecule has 0 aliphatic heterocycles. The minimum Gasteiger partial charge on any atom is -0.344 e. The molecule has 0 radical (unpaired) electrons. The lowest BCUT2D eigenvalue weighted by Gasteiger charge is -1.97. The van der Waals surface area contributed by atoms with Crippen LogP contribution in [0.4, 0.5) is 0 Å². The average molecular weight is 209 g/mol. The van der Waals surface area contributed by atoms with Crippen molar-refractivity contribution in [2.24, 2.45) is 0 Å². The van der Waals surface area contributed by atoms with Crippen LogP contribution in [0, 0.1) is 0 Å².